The van der Waals surface area contributed by atoms with Gasteiger partial charge in [0.1, 0.15) is 4.90 Å². The van der Waals surface area contributed by atoms with Gasteiger partial charge >= 0.3 is 0 Å². The van der Waals surface area contributed by atoms with E-state index in [1.807, 2.05) is 31.2 Å². The Morgan fingerprint density at radius 1 is 1.24 bits per heavy atom. The van der Waals surface area contributed by atoms with Gasteiger partial charge in [0.25, 0.3) is 0 Å². The van der Waals surface area contributed by atoms with E-state index < -0.39 is 10.0 Å². The molecule has 0 spiro atoms. The van der Waals surface area contributed by atoms with Gasteiger partial charge in [-0.2, -0.15) is 0 Å². The lowest BCUT2D eigenvalue weighted by atomic mass is 10.1. The number of pyridine rings is 1. The molecule has 2 aromatic rings. The van der Waals surface area contributed by atoms with E-state index in [1.54, 1.807) is 6.20 Å². The molecule has 1 N–H and O–H groups in total. The summed E-state index contributed by atoms with van der Waals surface area (Å²) < 4.78 is 27.9. The molecular weight excluding hydrogens is 352 g/mol. The lowest BCUT2D eigenvalue weighted by Gasteiger charge is -2.15. The minimum absolute atomic E-state index is 0.147. The average Bonchev–Trinajstić information content (AvgIpc) is 2.47. The standard InChI is InChI=1S/C15H17BrN2O2S/c1-3-12-4-6-13(7-5-12)11(2)18-21(19,20)15-8-14(16)9-17-10-15/h4-11,18H,3H2,1-2H3. The third kappa shape index (κ3) is 4.12. The summed E-state index contributed by atoms with van der Waals surface area (Å²) >= 11 is 3.23. The predicted octanol–water partition coefficient (Wildman–Crippen LogP) is 3.45. The normalized spacial score (nSPS) is 13.1. The van der Waals surface area contributed by atoms with Crippen molar-refractivity contribution in [2.24, 2.45) is 0 Å². The highest BCUT2D eigenvalue weighted by molar-refractivity contribution is 9.10. The molecule has 4 nitrogen and oxygen atoms in total. The number of nitrogens with zero attached hydrogens (tertiary/aromatic N) is 1. The van der Waals surface area contributed by atoms with Gasteiger partial charge in [-0.05, 0) is 46.5 Å². The van der Waals surface area contributed by atoms with Gasteiger partial charge < -0.3 is 0 Å². The quantitative estimate of drug-likeness (QED) is 0.878. The molecule has 0 fully saturated rings. The van der Waals surface area contributed by atoms with Crippen molar-refractivity contribution in [1.82, 2.24) is 9.71 Å². The molecule has 0 aliphatic heterocycles. The van der Waals surface area contributed by atoms with Crippen molar-refractivity contribution in [2.45, 2.75) is 31.2 Å². The molecule has 2 rings (SSSR count). The molecule has 1 unspecified atom stereocenters. The van der Waals surface area contributed by atoms with E-state index in [0.717, 1.165) is 12.0 Å². The fraction of sp³-hybridized carbons (Fsp3) is 0.267. The number of hydrogen-bond acceptors (Lipinski definition) is 3. The number of hydrogen-bond donors (Lipinski definition) is 1. The highest BCUT2D eigenvalue weighted by Gasteiger charge is 2.19. The molecule has 1 aromatic carbocycles. The van der Waals surface area contributed by atoms with Crippen LogP contribution in [-0.2, 0) is 16.4 Å². The number of aromatic nitrogens is 1. The van der Waals surface area contributed by atoms with Crippen LogP contribution < -0.4 is 4.72 Å². The van der Waals surface area contributed by atoms with E-state index in [4.69, 9.17) is 0 Å². The number of rotatable bonds is 5. The highest BCUT2D eigenvalue weighted by atomic mass is 79.9. The maximum absolute atomic E-state index is 12.3. The van der Waals surface area contributed by atoms with E-state index in [9.17, 15) is 8.42 Å². The Hall–Kier alpha value is -1.24. The van der Waals surface area contributed by atoms with Crippen molar-refractivity contribution in [3.05, 3.63) is 58.3 Å². The molecule has 0 aliphatic carbocycles. The lowest BCUT2D eigenvalue weighted by Crippen LogP contribution is -2.27. The van der Waals surface area contributed by atoms with Gasteiger partial charge in [0.15, 0.2) is 0 Å². The SMILES string of the molecule is CCc1ccc(C(C)NS(=O)(=O)c2cncc(Br)c2)cc1. The number of halogens is 1. The second-order valence-electron chi connectivity index (χ2n) is 4.78. The third-order valence-electron chi connectivity index (χ3n) is 3.21. The van der Waals surface area contributed by atoms with Crippen molar-refractivity contribution < 1.29 is 8.42 Å². The van der Waals surface area contributed by atoms with Gasteiger partial charge in [0.05, 0.1) is 0 Å². The zero-order chi connectivity index (χ0) is 15.5. The average molecular weight is 369 g/mol. The summed E-state index contributed by atoms with van der Waals surface area (Å²) in [5, 5.41) is 0. The minimum Gasteiger partial charge on any atom is -0.262 e. The van der Waals surface area contributed by atoms with E-state index in [0.29, 0.717) is 4.47 Å². The lowest BCUT2D eigenvalue weighted by molar-refractivity contribution is 0.566. The van der Waals surface area contributed by atoms with Crippen LogP contribution in [0.3, 0.4) is 0 Å². The van der Waals surface area contributed by atoms with Crippen molar-refractivity contribution in [2.75, 3.05) is 0 Å². The topological polar surface area (TPSA) is 59.1 Å². The minimum atomic E-state index is -3.59. The first-order chi connectivity index (χ1) is 9.92. The van der Waals surface area contributed by atoms with Crippen LogP contribution in [0.5, 0.6) is 0 Å². The highest BCUT2D eigenvalue weighted by Crippen LogP contribution is 2.19. The van der Waals surface area contributed by atoms with E-state index >= 15 is 0 Å². The van der Waals surface area contributed by atoms with Crippen LogP contribution in [0.2, 0.25) is 0 Å². The predicted molar refractivity (Wildman–Crippen MR) is 86.5 cm³/mol. The van der Waals surface area contributed by atoms with E-state index in [-0.39, 0.29) is 10.9 Å². The molecular formula is C15H17BrN2O2S. The zero-order valence-electron chi connectivity index (χ0n) is 11.9. The Morgan fingerprint density at radius 3 is 2.48 bits per heavy atom. The summed E-state index contributed by atoms with van der Waals surface area (Å²) in [5.74, 6) is 0. The largest absolute Gasteiger partial charge is 0.262 e. The molecule has 112 valence electrons. The molecule has 0 saturated carbocycles. The third-order valence-corrected chi connectivity index (χ3v) is 5.15. The van der Waals surface area contributed by atoms with Gasteiger partial charge in [0.2, 0.25) is 10.0 Å². The monoisotopic (exact) mass is 368 g/mol. The Morgan fingerprint density at radius 2 is 1.90 bits per heavy atom. The molecule has 6 heteroatoms. The van der Waals surface area contributed by atoms with Gasteiger partial charge in [-0.1, -0.05) is 31.2 Å². The van der Waals surface area contributed by atoms with Crippen molar-refractivity contribution in [3.63, 3.8) is 0 Å². The van der Waals surface area contributed by atoms with Crippen LogP contribution in [0.1, 0.15) is 31.0 Å². The molecule has 0 bridgehead atoms. The summed E-state index contributed by atoms with van der Waals surface area (Å²) in [6.07, 6.45) is 3.84. The van der Waals surface area contributed by atoms with Crippen molar-refractivity contribution in [3.8, 4) is 0 Å². The number of aryl methyl sites for hydroxylation is 1. The maximum Gasteiger partial charge on any atom is 0.242 e. The molecule has 0 aliphatic rings. The van der Waals surface area contributed by atoms with Crippen LogP contribution >= 0.6 is 15.9 Å². The summed E-state index contributed by atoms with van der Waals surface area (Å²) in [6, 6.07) is 9.15. The van der Waals surface area contributed by atoms with E-state index in [2.05, 4.69) is 32.6 Å². The molecule has 1 heterocycles. The molecule has 0 amide bonds. The second kappa shape index (κ2) is 6.68. The van der Waals surface area contributed by atoms with Crippen molar-refractivity contribution >= 4 is 26.0 Å². The summed E-state index contributed by atoms with van der Waals surface area (Å²) in [4.78, 5) is 4.03. The molecule has 1 aromatic heterocycles. The van der Waals surface area contributed by atoms with E-state index in [1.165, 1.54) is 17.8 Å². The number of sulfonamides is 1. The Labute approximate surface area is 133 Å². The smallest absolute Gasteiger partial charge is 0.242 e. The maximum atomic E-state index is 12.3. The number of benzene rings is 1. The van der Waals surface area contributed by atoms with Crippen LogP contribution in [-0.4, -0.2) is 13.4 Å². The van der Waals surface area contributed by atoms with Gasteiger partial charge in [-0.3, -0.25) is 4.98 Å². The van der Waals surface area contributed by atoms with Gasteiger partial charge in [-0.25, -0.2) is 13.1 Å². The van der Waals surface area contributed by atoms with Gasteiger partial charge in [0, 0.05) is 22.9 Å². The number of nitrogens with one attached hydrogen (secondary N) is 1. The zero-order valence-corrected chi connectivity index (χ0v) is 14.3. The molecule has 21 heavy (non-hydrogen) atoms. The first kappa shape index (κ1) is 16.1. The van der Waals surface area contributed by atoms with Gasteiger partial charge in [-0.15, -0.1) is 0 Å². The molecule has 1 atom stereocenters. The first-order valence-corrected chi connectivity index (χ1v) is 8.91. The Bertz CT molecular complexity index is 715. The first-order valence-electron chi connectivity index (χ1n) is 6.64. The Kier molecular flexibility index (Phi) is 5.13. The summed E-state index contributed by atoms with van der Waals surface area (Å²) in [6.45, 7) is 3.91. The Balaban J connectivity index is 2.19. The molecule has 0 saturated heterocycles. The van der Waals surface area contributed by atoms with Crippen molar-refractivity contribution in [1.29, 1.82) is 0 Å². The summed E-state index contributed by atoms with van der Waals surface area (Å²) in [5.41, 5.74) is 2.16. The fourth-order valence-corrected chi connectivity index (χ4v) is 3.69. The van der Waals surface area contributed by atoms with Crippen LogP contribution in [0.25, 0.3) is 0 Å². The second-order valence-corrected chi connectivity index (χ2v) is 7.41. The molecule has 0 radical (unpaired) electrons. The summed E-state index contributed by atoms with van der Waals surface area (Å²) in [7, 11) is -3.59. The van der Waals surface area contributed by atoms with Crippen LogP contribution in [0.4, 0.5) is 0 Å². The van der Waals surface area contributed by atoms with Crippen LogP contribution in [0.15, 0.2) is 52.1 Å². The van der Waals surface area contributed by atoms with Crippen LogP contribution in [0, 0.1) is 0 Å². The fourth-order valence-electron chi connectivity index (χ4n) is 1.95.